The molecule has 6 nitrogen and oxygen atoms in total. The maximum absolute atomic E-state index is 14.4. The third-order valence-electron chi connectivity index (χ3n) is 4.83. The molecule has 0 bridgehead atoms. The van der Waals surface area contributed by atoms with Crippen molar-refractivity contribution >= 4 is 12.1 Å². The van der Waals surface area contributed by atoms with Gasteiger partial charge in [-0.15, -0.1) is 0 Å². The number of benzene rings is 2. The number of amides is 1. The highest BCUT2D eigenvalue weighted by atomic mass is 19.1. The topological polar surface area (TPSA) is 76.1 Å². The average Bonchev–Trinajstić information content (AvgIpc) is 2.68. The Morgan fingerprint density at radius 2 is 1.96 bits per heavy atom. The Labute approximate surface area is 162 Å². The molecule has 1 N–H and O–H groups in total. The molecule has 0 atom stereocenters. The molecule has 0 saturated heterocycles. The minimum Gasteiger partial charge on any atom is -0.496 e. The van der Waals surface area contributed by atoms with E-state index in [1.54, 1.807) is 25.1 Å². The van der Waals surface area contributed by atoms with Crippen molar-refractivity contribution in [2.45, 2.75) is 26.3 Å². The normalized spacial score (nSPS) is 13.0. The SMILES string of the molecule is CCOC(=O)Cc1ccc(OC)c(-c2ccc(F)c3c2CN(C(=O)O)CC3)c1. The maximum atomic E-state index is 14.4. The Balaban J connectivity index is 2.08. The fourth-order valence-corrected chi connectivity index (χ4v) is 3.50. The summed E-state index contributed by atoms with van der Waals surface area (Å²) >= 11 is 0. The van der Waals surface area contributed by atoms with Crippen LogP contribution < -0.4 is 4.74 Å². The van der Waals surface area contributed by atoms with Crippen LogP contribution in [0, 0.1) is 5.82 Å². The van der Waals surface area contributed by atoms with Gasteiger partial charge in [0.05, 0.1) is 20.1 Å². The van der Waals surface area contributed by atoms with Gasteiger partial charge in [0.2, 0.25) is 0 Å². The Morgan fingerprint density at radius 3 is 2.64 bits per heavy atom. The molecule has 0 radical (unpaired) electrons. The van der Waals surface area contributed by atoms with Crippen molar-refractivity contribution in [3.63, 3.8) is 0 Å². The molecule has 2 aromatic carbocycles. The molecule has 148 valence electrons. The highest BCUT2D eigenvalue weighted by Crippen LogP contribution is 2.37. The molecule has 1 amide bonds. The summed E-state index contributed by atoms with van der Waals surface area (Å²) < 4.78 is 24.8. The quantitative estimate of drug-likeness (QED) is 0.793. The number of methoxy groups -OCH3 is 1. The number of carbonyl (C=O) groups excluding carboxylic acids is 1. The Hall–Kier alpha value is -3.09. The Kier molecular flexibility index (Phi) is 5.82. The fraction of sp³-hybridized carbons (Fsp3) is 0.333. The van der Waals surface area contributed by atoms with E-state index in [0.717, 1.165) is 5.56 Å². The van der Waals surface area contributed by atoms with Crippen molar-refractivity contribution in [2.75, 3.05) is 20.3 Å². The Morgan fingerprint density at radius 1 is 1.18 bits per heavy atom. The predicted molar refractivity (Wildman–Crippen MR) is 101 cm³/mol. The number of halogens is 1. The number of ether oxygens (including phenoxy) is 2. The lowest BCUT2D eigenvalue weighted by Gasteiger charge is -2.29. The van der Waals surface area contributed by atoms with Gasteiger partial charge in [0, 0.05) is 18.7 Å². The molecule has 0 unspecified atom stereocenters. The first kappa shape index (κ1) is 19.7. The molecule has 0 spiro atoms. The number of nitrogens with zero attached hydrogens (tertiary/aromatic N) is 1. The monoisotopic (exact) mass is 387 g/mol. The van der Waals surface area contributed by atoms with Gasteiger partial charge in [-0.25, -0.2) is 9.18 Å². The summed E-state index contributed by atoms with van der Waals surface area (Å²) in [6, 6.07) is 8.35. The molecule has 2 aromatic rings. The van der Waals surface area contributed by atoms with Gasteiger partial charge in [-0.2, -0.15) is 0 Å². The number of rotatable bonds is 5. The highest BCUT2D eigenvalue weighted by molar-refractivity contribution is 5.79. The zero-order valence-electron chi connectivity index (χ0n) is 15.8. The molecule has 0 saturated carbocycles. The summed E-state index contributed by atoms with van der Waals surface area (Å²) in [4.78, 5) is 24.5. The lowest BCUT2D eigenvalue weighted by Crippen LogP contribution is -2.35. The summed E-state index contributed by atoms with van der Waals surface area (Å²) in [6.07, 6.45) is -0.620. The van der Waals surface area contributed by atoms with Gasteiger partial charge >= 0.3 is 12.1 Å². The first-order chi connectivity index (χ1) is 13.4. The molecular formula is C21H22FNO5. The van der Waals surface area contributed by atoms with Gasteiger partial charge in [0.1, 0.15) is 11.6 Å². The second kappa shape index (κ2) is 8.29. The third kappa shape index (κ3) is 3.93. The summed E-state index contributed by atoms with van der Waals surface area (Å²) in [5.41, 5.74) is 3.27. The van der Waals surface area contributed by atoms with Crippen molar-refractivity contribution < 1.29 is 28.6 Å². The van der Waals surface area contributed by atoms with Crippen LogP contribution >= 0.6 is 0 Å². The minimum atomic E-state index is -1.04. The van der Waals surface area contributed by atoms with E-state index >= 15 is 0 Å². The van der Waals surface area contributed by atoms with Crippen LogP contribution in [0.25, 0.3) is 11.1 Å². The lowest BCUT2D eigenvalue weighted by atomic mass is 9.89. The summed E-state index contributed by atoms with van der Waals surface area (Å²) in [7, 11) is 1.53. The second-order valence-electron chi connectivity index (χ2n) is 6.52. The molecular weight excluding hydrogens is 365 g/mol. The number of hydrogen-bond acceptors (Lipinski definition) is 4. The van der Waals surface area contributed by atoms with Gasteiger partial charge in [0.25, 0.3) is 0 Å². The highest BCUT2D eigenvalue weighted by Gasteiger charge is 2.26. The third-order valence-corrected chi connectivity index (χ3v) is 4.83. The largest absolute Gasteiger partial charge is 0.496 e. The maximum Gasteiger partial charge on any atom is 0.407 e. The summed E-state index contributed by atoms with van der Waals surface area (Å²) in [6.45, 7) is 2.40. The first-order valence-electron chi connectivity index (χ1n) is 9.05. The summed E-state index contributed by atoms with van der Waals surface area (Å²) in [5, 5.41) is 9.35. The van der Waals surface area contributed by atoms with Crippen molar-refractivity contribution in [1.82, 2.24) is 4.90 Å². The van der Waals surface area contributed by atoms with Crippen LogP contribution in [0.1, 0.15) is 23.6 Å². The zero-order chi connectivity index (χ0) is 20.3. The van der Waals surface area contributed by atoms with Crippen LogP contribution in [0.3, 0.4) is 0 Å². The second-order valence-corrected chi connectivity index (χ2v) is 6.52. The van der Waals surface area contributed by atoms with Crippen molar-refractivity contribution in [3.05, 3.63) is 52.8 Å². The smallest absolute Gasteiger partial charge is 0.407 e. The average molecular weight is 387 g/mol. The van der Waals surface area contributed by atoms with E-state index in [2.05, 4.69) is 0 Å². The first-order valence-corrected chi connectivity index (χ1v) is 9.05. The van der Waals surface area contributed by atoms with Gasteiger partial charge in [-0.05, 0) is 53.8 Å². The van der Waals surface area contributed by atoms with E-state index in [1.807, 2.05) is 6.07 Å². The molecule has 3 rings (SSSR count). The number of fused-ring (bicyclic) bond motifs is 1. The molecule has 0 aromatic heterocycles. The van der Waals surface area contributed by atoms with E-state index in [-0.39, 0.29) is 31.3 Å². The van der Waals surface area contributed by atoms with E-state index in [1.165, 1.54) is 18.1 Å². The zero-order valence-corrected chi connectivity index (χ0v) is 15.8. The molecule has 0 fully saturated rings. The standard InChI is InChI=1S/C21H22FNO5/c1-3-28-20(24)11-13-4-7-19(27-2)16(10-13)14-5-6-18(22)15-8-9-23(21(25)26)12-17(14)15/h4-7,10H,3,8-9,11-12H2,1-2H3,(H,25,26). The molecule has 1 heterocycles. The van der Waals surface area contributed by atoms with Crippen molar-refractivity contribution in [3.8, 4) is 16.9 Å². The van der Waals surface area contributed by atoms with Crippen LogP contribution in [-0.2, 0) is 28.9 Å². The van der Waals surface area contributed by atoms with Gasteiger partial charge in [0.15, 0.2) is 0 Å². The van der Waals surface area contributed by atoms with Gasteiger partial charge < -0.3 is 19.5 Å². The van der Waals surface area contributed by atoms with Crippen LogP contribution in [0.5, 0.6) is 5.75 Å². The van der Waals surface area contributed by atoms with Gasteiger partial charge in [-0.1, -0.05) is 12.1 Å². The number of hydrogen-bond donors (Lipinski definition) is 1. The van der Waals surface area contributed by atoms with E-state index in [4.69, 9.17) is 9.47 Å². The van der Waals surface area contributed by atoms with Crippen molar-refractivity contribution in [1.29, 1.82) is 0 Å². The van der Waals surface area contributed by atoms with E-state index < -0.39 is 6.09 Å². The van der Waals surface area contributed by atoms with Crippen LogP contribution in [0.2, 0.25) is 0 Å². The fourth-order valence-electron chi connectivity index (χ4n) is 3.50. The lowest BCUT2D eigenvalue weighted by molar-refractivity contribution is -0.142. The Bertz CT molecular complexity index is 912. The van der Waals surface area contributed by atoms with Crippen LogP contribution in [-0.4, -0.2) is 42.3 Å². The van der Waals surface area contributed by atoms with Crippen LogP contribution in [0.15, 0.2) is 30.3 Å². The number of carboxylic acid groups (broad SMARTS) is 1. The number of carbonyl (C=O) groups is 2. The van der Waals surface area contributed by atoms with Crippen molar-refractivity contribution in [2.24, 2.45) is 0 Å². The van der Waals surface area contributed by atoms with Gasteiger partial charge in [-0.3, -0.25) is 4.79 Å². The molecule has 1 aliphatic heterocycles. The summed E-state index contributed by atoms with van der Waals surface area (Å²) in [5.74, 6) is -0.115. The molecule has 28 heavy (non-hydrogen) atoms. The molecule has 1 aliphatic rings. The molecule has 7 heteroatoms. The minimum absolute atomic E-state index is 0.100. The van der Waals surface area contributed by atoms with Crippen LogP contribution in [0.4, 0.5) is 9.18 Å². The van der Waals surface area contributed by atoms with E-state index in [9.17, 15) is 19.1 Å². The molecule has 0 aliphatic carbocycles. The number of esters is 1. The van der Waals surface area contributed by atoms with E-state index in [0.29, 0.717) is 41.0 Å². The predicted octanol–water partition coefficient (Wildman–Crippen LogP) is 3.64.